The molecule has 0 bridgehead atoms. The molecular formula is C26H20BrClN4O. The molecule has 0 aliphatic carbocycles. The number of rotatable bonds is 5. The van der Waals surface area contributed by atoms with E-state index in [1.54, 1.807) is 0 Å². The zero-order valence-corrected chi connectivity index (χ0v) is 19.9. The van der Waals surface area contributed by atoms with Crippen LogP contribution in [-0.2, 0) is 13.1 Å². The number of fused-ring (bicyclic) bond motifs is 2. The van der Waals surface area contributed by atoms with E-state index in [2.05, 4.69) is 26.2 Å². The maximum Gasteiger partial charge on any atom is 0.252 e. The fourth-order valence-electron chi connectivity index (χ4n) is 3.90. The molecule has 0 saturated heterocycles. The van der Waals surface area contributed by atoms with Crippen molar-refractivity contribution < 1.29 is 4.79 Å². The molecule has 0 fully saturated rings. The van der Waals surface area contributed by atoms with Gasteiger partial charge in [0.25, 0.3) is 5.91 Å². The maximum absolute atomic E-state index is 13.3. The molecule has 0 atom stereocenters. The number of carbonyl (C=O) groups is 1. The van der Waals surface area contributed by atoms with E-state index in [4.69, 9.17) is 22.3 Å². The van der Waals surface area contributed by atoms with E-state index in [-0.39, 0.29) is 5.91 Å². The van der Waals surface area contributed by atoms with Gasteiger partial charge in [0, 0.05) is 50.6 Å². The van der Waals surface area contributed by atoms with Gasteiger partial charge in [-0.1, -0.05) is 57.9 Å². The molecule has 5 aromatic rings. The zero-order chi connectivity index (χ0) is 22.9. The maximum atomic E-state index is 13.3. The third-order valence-electron chi connectivity index (χ3n) is 5.65. The summed E-state index contributed by atoms with van der Waals surface area (Å²) in [5.41, 5.74) is 11.6. The van der Waals surface area contributed by atoms with Gasteiger partial charge in [0.15, 0.2) is 0 Å². The lowest BCUT2D eigenvalue weighted by Crippen LogP contribution is -2.23. The van der Waals surface area contributed by atoms with Crippen molar-refractivity contribution in [2.75, 3.05) is 0 Å². The Morgan fingerprint density at radius 1 is 1.00 bits per heavy atom. The van der Waals surface area contributed by atoms with Crippen LogP contribution in [0.25, 0.3) is 33.1 Å². The van der Waals surface area contributed by atoms with Crippen LogP contribution in [0.5, 0.6) is 0 Å². The van der Waals surface area contributed by atoms with Crippen LogP contribution >= 0.6 is 27.5 Å². The third kappa shape index (κ3) is 4.37. The molecule has 1 amide bonds. The number of H-pyrrole nitrogens is 1. The summed E-state index contributed by atoms with van der Waals surface area (Å²) in [6, 6.07) is 21.2. The molecule has 0 radical (unpaired) electrons. The topological polar surface area (TPSA) is 83.8 Å². The number of nitrogens with zero attached hydrogens (tertiary/aromatic N) is 1. The number of nitrogens with two attached hydrogens (primary N) is 1. The summed E-state index contributed by atoms with van der Waals surface area (Å²) in [5.74, 6) is -0.160. The Hall–Kier alpha value is -3.19. The highest BCUT2D eigenvalue weighted by atomic mass is 79.9. The van der Waals surface area contributed by atoms with Crippen molar-refractivity contribution in [2.45, 2.75) is 13.1 Å². The van der Waals surface area contributed by atoms with Gasteiger partial charge in [0.1, 0.15) is 0 Å². The quantitative estimate of drug-likeness (QED) is 0.259. The van der Waals surface area contributed by atoms with Gasteiger partial charge in [-0.25, -0.2) is 4.98 Å². The molecule has 3 aromatic carbocycles. The van der Waals surface area contributed by atoms with Gasteiger partial charge in [-0.15, -0.1) is 0 Å². The Balaban J connectivity index is 1.55. The second-order valence-corrected chi connectivity index (χ2v) is 9.16. The number of benzene rings is 3. The molecule has 0 unspecified atom stereocenters. The molecule has 0 aliphatic rings. The monoisotopic (exact) mass is 518 g/mol. The number of amides is 1. The highest BCUT2D eigenvalue weighted by molar-refractivity contribution is 9.10. The predicted octanol–water partition coefficient (Wildman–Crippen LogP) is 6.19. The fraction of sp³-hybridized carbons (Fsp3) is 0.0769. The molecular weight excluding hydrogens is 500 g/mol. The van der Waals surface area contributed by atoms with Gasteiger partial charge < -0.3 is 16.0 Å². The van der Waals surface area contributed by atoms with E-state index in [0.29, 0.717) is 29.4 Å². The summed E-state index contributed by atoms with van der Waals surface area (Å²) >= 11 is 9.76. The summed E-state index contributed by atoms with van der Waals surface area (Å²) in [6.45, 7) is 0.912. The largest absolute Gasteiger partial charge is 0.360 e. The van der Waals surface area contributed by atoms with E-state index < -0.39 is 0 Å². The molecule has 7 heteroatoms. The minimum atomic E-state index is -0.160. The summed E-state index contributed by atoms with van der Waals surface area (Å²) in [7, 11) is 0. The van der Waals surface area contributed by atoms with Crippen molar-refractivity contribution in [3.8, 4) is 11.3 Å². The Morgan fingerprint density at radius 3 is 2.58 bits per heavy atom. The van der Waals surface area contributed by atoms with Gasteiger partial charge in [-0.05, 0) is 47.5 Å². The summed E-state index contributed by atoms with van der Waals surface area (Å²) in [6.07, 6.45) is 1.90. The number of aromatic amines is 1. The molecule has 0 saturated carbocycles. The summed E-state index contributed by atoms with van der Waals surface area (Å²) in [5, 5.41) is 5.43. The SMILES string of the molecule is NCc1ccc(CNC(=O)c2cc(-c3c[nH]c4ccc(Cl)cc34)nc3cc(Br)ccc23)cc1. The van der Waals surface area contributed by atoms with Crippen LogP contribution in [0, 0.1) is 0 Å². The Labute approximate surface area is 204 Å². The number of aromatic nitrogens is 2. The third-order valence-corrected chi connectivity index (χ3v) is 6.38. The van der Waals surface area contributed by atoms with Gasteiger partial charge >= 0.3 is 0 Å². The first-order valence-electron chi connectivity index (χ1n) is 10.5. The second kappa shape index (κ2) is 8.98. The fourth-order valence-corrected chi connectivity index (χ4v) is 4.42. The van der Waals surface area contributed by atoms with E-state index in [1.807, 2.05) is 72.9 Å². The first-order chi connectivity index (χ1) is 16.0. The number of hydrogen-bond donors (Lipinski definition) is 3. The van der Waals surface area contributed by atoms with Crippen LogP contribution in [0.3, 0.4) is 0 Å². The molecule has 164 valence electrons. The molecule has 5 rings (SSSR count). The van der Waals surface area contributed by atoms with Crippen molar-refractivity contribution in [1.82, 2.24) is 15.3 Å². The standard InChI is InChI=1S/C26H20BrClN4O/c27-17-5-7-19-21(26(33)31-13-16-3-1-15(12-29)2-4-16)11-25(32-24(19)9-17)22-14-30-23-8-6-18(28)10-20(22)23/h1-11,14,30H,12-13,29H2,(H,31,33). The number of halogens is 2. The second-order valence-electron chi connectivity index (χ2n) is 7.81. The lowest BCUT2D eigenvalue weighted by molar-refractivity contribution is 0.0952. The van der Waals surface area contributed by atoms with Crippen molar-refractivity contribution in [3.63, 3.8) is 0 Å². The molecule has 0 aliphatic heterocycles. The number of hydrogen-bond acceptors (Lipinski definition) is 3. The van der Waals surface area contributed by atoms with Crippen LogP contribution in [0.2, 0.25) is 5.02 Å². The highest BCUT2D eigenvalue weighted by Gasteiger charge is 2.16. The number of nitrogens with one attached hydrogen (secondary N) is 2. The highest BCUT2D eigenvalue weighted by Crippen LogP contribution is 2.32. The molecule has 33 heavy (non-hydrogen) atoms. The molecule has 2 heterocycles. The minimum Gasteiger partial charge on any atom is -0.360 e. The van der Waals surface area contributed by atoms with Crippen LogP contribution in [0.4, 0.5) is 0 Å². The van der Waals surface area contributed by atoms with Crippen molar-refractivity contribution in [1.29, 1.82) is 0 Å². The van der Waals surface area contributed by atoms with E-state index in [9.17, 15) is 4.79 Å². The predicted molar refractivity (Wildman–Crippen MR) is 137 cm³/mol. The lowest BCUT2D eigenvalue weighted by atomic mass is 10.0. The van der Waals surface area contributed by atoms with Crippen LogP contribution in [0.1, 0.15) is 21.5 Å². The summed E-state index contributed by atoms with van der Waals surface area (Å²) in [4.78, 5) is 21.4. The number of pyridine rings is 1. The molecule has 2 aromatic heterocycles. The molecule has 4 N–H and O–H groups in total. The Morgan fingerprint density at radius 2 is 1.79 bits per heavy atom. The Bertz CT molecular complexity index is 1490. The first kappa shape index (κ1) is 21.6. The van der Waals surface area contributed by atoms with Gasteiger partial charge in [0.2, 0.25) is 0 Å². The van der Waals surface area contributed by atoms with E-state index in [1.165, 1.54) is 0 Å². The van der Waals surface area contributed by atoms with Crippen LogP contribution in [-0.4, -0.2) is 15.9 Å². The normalized spacial score (nSPS) is 11.2. The minimum absolute atomic E-state index is 0.160. The lowest BCUT2D eigenvalue weighted by Gasteiger charge is -2.11. The van der Waals surface area contributed by atoms with Crippen molar-refractivity contribution in [3.05, 3.63) is 99.1 Å². The average molecular weight is 520 g/mol. The average Bonchev–Trinajstić information content (AvgIpc) is 3.25. The van der Waals surface area contributed by atoms with Gasteiger partial charge in [-0.3, -0.25) is 4.79 Å². The smallest absolute Gasteiger partial charge is 0.252 e. The van der Waals surface area contributed by atoms with Crippen LogP contribution in [0.15, 0.2) is 77.4 Å². The van der Waals surface area contributed by atoms with Gasteiger partial charge in [0.05, 0.1) is 16.8 Å². The van der Waals surface area contributed by atoms with Crippen molar-refractivity contribution >= 4 is 55.2 Å². The zero-order valence-electron chi connectivity index (χ0n) is 17.5. The van der Waals surface area contributed by atoms with E-state index >= 15 is 0 Å². The van der Waals surface area contributed by atoms with E-state index in [0.717, 1.165) is 43.0 Å². The molecule has 5 nitrogen and oxygen atoms in total. The van der Waals surface area contributed by atoms with Crippen molar-refractivity contribution in [2.24, 2.45) is 5.73 Å². The van der Waals surface area contributed by atoms with Gasteiger partial charge in [-0.2, -0.15) is 0 Å². The molecule has 0 spiro atoms. The summed E-state index contributed by atoms with van der Waals surface area (Å²) < 4.78 is 0.896. The first-order valence-corrected chi connectivity index (χ1v) is 11.6. The Kier molecular flexibility index (Phi) is 5.89. The number of carbonyl (C=O) groups excluding carboxylic acids is 1. The van der Waals surface area contributed by atoms with Crippen LogP contribution < -0.4 is 11.1 Å².